The van der Waals surface area contributed by atoms with Crippen LogP contribution in [0.15, 0.2) is 48.7 Å². The van der Waals surface area contributed by atoms with Crippen molar-refractivity contribution in [2.24, 2.45) is 5.92 Å². The molecule has 3 rings (SSSR count). The quantitative estimate of drug-likeness (QED) is 0.331. The predicted molar refractivity (Wildman–Crippen MR) is 102 cm³/mol. The van der Waals surface area contributed by atoms with Gasteiger partial charge in [0.25, 0.3) is 6.29 Å². The fourth-order valence-corrected chi connectivity index (χ4v) is 3.18. The van der Waals surface area contributed by atoms with E-state index in [1.165, 1.54) is 24.3 Å². The predicted octanol–water partition coefficient (Wildman–Crippen LogP) is 6.51. The molecule has 1 fully saturated rings. The zero-order valence-electron chi connectivity index (χ0n) is 16.9. The lowest BCUT2D eigenvalue weighted by molar-refractivity contribution is -0.352. The van der Waals surface area contributed by atoms with Crippen molar-refractivity contribution in [1.29, 1.82) is 0 Å². The van der Waals surface area contributed by atoms with Crippen LogP contribution in [0.4, 0.5) is 26.3 Å². The van der Waals surface area contributed by atoms with Gasteiger partial charge in [-0.05, 0) is 41.8 Å². The van der Waals surface area contributed by atoms with E-state index in [9.17, 15) is 26.3 Å². The summed E-state index contributed by atoms with van der Waals surface area (Å²) in [7, 11) is 0. The van der Waals surface area contributed by atoms with E-state index < -0.39 is 35.9 Å². The van der Waals surface area contributed by atoms with Crippen LogP contribution < -0.4 is 9.47 Å². The number of hydrogen-bond donors (Lipinski definition) is 0. The van der Waals surface area contributed by atoms with Crippen LogP contribution in [0, 0.1) is 17.6 Å². The van der Waals surface area contributed by atoms with E-state index in [2.05, 4.69) is 4.74 Å². The van der Waals surface area contributed by atoms with Gasteiger partial charge in [0.05, 0.1) is 13.2 Å². The summed E-state index contributed by atoms with van der Waals surface area (Å²) in [4.78, 5) is 0. The van der Waals surface area contributed by atoms with Crippen molar-refractivity contribution in [3.05, 3.63) is 60.4 Å². The van der Waals surface area contributed by atoms with Crippen molar-refractivity contribution < 1.29 is 45.3 Å². The van der Waals surface area contributed by atoms with Crippen LogP contribution in [-0.4, -0.2) is 25.6 Å². The number of alkyl halides is 2. The first-order valence-corrected chi connectivity index (χ1v) is 9.77. The molecule has 0 radical (unpaired) electrons. The first-order valence-electron chi connectivity index (χ1n) is 9.77. The highest BCUT2D eigenvalue weighted by molar-refractivity contribution is 5.65. The van der Waals surface area contributed by atoms with Crippen LogP contribution >= 0.6 is 0 Å². The largest absolute Gasteiger partial charge is 0.453 e. The molecule has 0 bridgehead atoms. The molecule has 1 heterocycles. The van der Waals surface area contributed by atoms with E-state index in [0.717, 1.165) is 25.0 Å². The Bertz CT molecular complexity index is 913. The number of hydrogen-bond acceptors (Lipinski definition) is 4. The fraction of sp³-hybridized carbons (Fsp3) is 0.364. The summed E-state index contributed by atoms with van der Waals surface area (Å²) >= 11 is 0. The Morgan fingerprint density at radius 3 is 2.16 bits per heavy atom. The molecule has 32 heavy (non-hydrogen) atoms. The smallest absolute Gasteiger partial charge is 0.451 e. The lowest BCUT2D eigenvalue weighted by Gasteiger charge is -2.33. The van der Waals surface area contributed by atoms with Crippen molar-refractivity contribution in [2.75, 3.05) is 13.2 Å². The number of halogens is 6. The average molecular weight is 462 g/mol. The first kappa shape index (κ1) is 23.9. The van der Waals surface area contributed by atoms with Crippen molar-refractivity contribution in [2.45, 2.75) is 32.2 Å². The number of ether oxygens (including phenoxy) is 4. The summed E-state index contributed by atoms with van der Waals surface area (Å²) in [5, 5.41) is 0. The summed E-state index contributed by atoms with van der Waals surface area (Å²) < 4.78 is 100. The van der Waals surface area contributed by atoms with Crippen molar-refractivity contribution >= 4 is 0 Å². The molecule has 4 nitrogen and oxygen atoms in total. The van der Waals surface area contributed by atoms with Gasteiger partial charge in [0, 0.05) is 5.92 Å². The molecule has 0 spiro atoms. The van der Waals surface area contributed by atoms with E-state index in [-0.39, 0.29) is 42.3 Å². The molecular weight excluding hydrogens is 442 g/mol. The molecule has 2 aromatic carbocycles. The number of rotatable bonds is 8. The maximum Gasteiger partial charge on any atom is 0.451 e. The Hall–Kier alpha value is -2.72. The van der Waals surface area contributed by atoms with Gasteiger partial charge in [-0.1, -0.05) is 25.5 Å². The Labute approximate surface area is 180 Å². The molecule has 174 valence electrons. The van der Waals surface area contributed by atoms with Crippen LogP contribution in [0.1, 0.15) is 19.8 Å². The van der Waals surface area contributed by atoms with Crippen LogP contribution in [0.25, 0.3) is 11.1 Å². The minimum atomic E-state index is -3.75. The normalized spacial score (nSPS) is 18.8. The lowest BCUT2D eigenvalue weighted by Crippen LogP contribution is -2.47. The molecule has 0 aliphatic carbocycles. The summed E-state index contributed by atoms with van der Waals surface area (Å²) in [6.45, 7) is 2.26. The molecule has 0 saturated carbocycles. The van der Waals surface area contributed by atoms with E-state index >= 15 is 0 Å². The van der Waals surface area contributed by atoms with Gasteiger partial charge in [0.2, 0.25) is 0 Å². The van der Waals surface area contributed by atoms with Crippen molar-refractivity contribution in [3.8, 4) is 22.6 Å². The maximum absolute atomic E-state index is 14.4. The van der Waals surface area contributed by atoms with Crippen molar-refractivity contribution in [3.63, 3.8) is 0 Å². The molecule has 0 N–H and O–H groups in total. The van der Waals surface area contributed by atoms with Gasteiger partial charge >= 0.3 is 12.2 Å². The molecule has 1 saturated heterocycles. The molecule has 0 unspecified atom stereocenters. The van der Waals surface area contributed by atoms with E-state index in [4.69, 9.17) is 14.2 Å². The van der Waals surface area contributed by atoms with Gasteiger partial charge in [-0.15, -0.1) is 0 Å². The van der Waals surface area contributed by atoms with Gasteiger partial charge in [0.1, 0.15) is 5.75 Å². The topological polar surface area (TPSA) is 36.9 Å². The van der Waals surface area contributed by atoms with Gasteiger partial charge in [0.15, 0.2) is 23.6 Å². The van der Waals surface area contributed by atoms with E-state index in [0.29, 0.717) is 0 Å². The minimum Gasteiger partial charge on any atom is -0.453 e. The number of benzene rings is 2. The third kappa shape index (κ3) is 5.95. The molecular formula is C22H20F6O4. The molecule has 0 amide bonds. The molecule has 2 aromatic rings. The molecule has 0 atom stereocenters. The van der Waals surface area contributed by atoms with Crippen molar-refractivity contribution in [1.82, 2.24) is 0 Å². The lowest BCUT2D eigenvalue weighted by atomic mass is 10.0. The molecule has 0 aromatic heterocycles. The van der Waals surface area contributed by atoms with Gasteiger partial charge in [-0.3, -0.25) is 0 Å². The zero-order valence-corrected chi connectivity index (χ0v) is 16.9. The molecule has 10 heteroatoms. The summed E-state index contributed by atoms with van der Waals surface area (Å²) in [5.41, 5.74) is 0.307. The monoisotopic (exact) mass is 462 g/mol. The second kappa shape index (κ2) is 10.3. The SMILES string of the molecule is CCCC1COC(C(F)(F)Oc2ccc(-c3cc(F)c(OC=C(F)F)c(F)c3)cc2)OC1. The first-order chi connectivity index (χ1) is 15.2. The van der Waals surface area contributed by atoms with Gasteiger partial charge in [-0.25, -0.2) is 8.78 Å². The Morgan fingerprint density at radius 1 is 1.03 bits per heavy atom. The second-order valence-electron chi connectivity index (χ2n) is 7.14. The standard InChI is InChI=1S/C22H20F6O4/c1-2-3-13-10-30-21(31-11-13)22(27,28)32-16-6-4-14(5-7-16)15-8-17(23)20(18(24)9-15)29-12-19(25)26/h4-9,12-13,21H,2-3,10-11H2,1H3. The third-order valence-corrected chi connectivity index (χ3v) is 4.64. The highest BCUT2D eigenvalue weighted by Gasteiger charge is 2.47. The Kier molecular flexibility index (Phi) is 7.68. The van der Waals surface area contributed by atoms with Crippen LogP contribution in [-0.2, 0) is 9.47 Å². The fourth-order valence-electron chi connectivity index (χ4n) is 3.18. The summed E-state index contributed by atoms with van der Waals surface area (Å²) in [5.74, 6) is -3.58. The highest BCUT2D eigenvalue weighted by atomic mass is 19.3. The Balaban J connectivity index is 1.68. The minimum absolute atomic E-state index is 0.0382. The average Bonchev–Trinajstić information content (AvgIpc) is 2.74. The van der Waals surface area contributed by atoms with Crippen LogP contribution in [0.5, 0.6) is 11.5 Å². The third-order valence-electron chi connectivity index (χ3n) is 4.64. The zero-order chi connectivity index (χ0) is 23.3. The Morgan fingerprint density at radius 2 is 1.62 bits per heavy atom. The maximum atomic E-state index is 14.4. The van der Waals surface area contributed by atoms with Crippen LogP contribution in [0.3, 0.4) is 0 Å². The highest BCUT2D eigenvalue weighted by Crippen LogP contribution is 2.33. The summed E-state index contributed by atoms with van der Waals surface area (Å²) in [6, 6.07) is 6.72. The van der Waals surface area contributed by atoms with Crippen LogP contribution in [0.2, 0.25) is 0 Å². The molecule has 1 aliphatic heterocycles. The molecule has 1 aliphatic rings. The second-order valence-corrected chi connectivity index (χ2v) is 7.14. The van der Waals surface area contributed by atoms with Gasteiger partial charge in [-0.2, -0.15) is 17.6 Å². The van der Waals surface area contributed by atoms with E-state index in [1.807, 2.05) is 6.92 Å². The summed E-state index contributed by atoms with van der Waals surface area (Å²) in [6.07, 6.45) is -6.26. The van der Waals surface area contributed by atoms with Gasteiger partial charge < -0.3 is 18.9 Å². The van der Waals surface area contributed by atoms with E-state index in [1.54, 1.807) is 0 Å².